The van der Waals surface area contributed by atoms with Crippen molar-refractivity contribution in [2.75, 3.05) is 13.2 Å². The van der Waals surface area contributed by atoms with Crippen molar-refractivity contribution >= 4 is 0 Å². The second kappa shape index (κ2) is 6.12. The number of nitrogens with zero attached hydrogens (tertiary/aromatic N) is 3. The third-order valence-corrected chi connectivity index (χ3v) is 3.33. The highest BCUT2D eigenvalue weighted by Crippen LogP contribution is 2.30. The standard InChI is InChI=1S/C12H22N4O/c1-16-11(9-17-8-7-13)14-12(15-16)10-5-3-2-4-6-10/h10H,2-9,13H2,1H3. The number of ether oxygens (including phenoxy) is 1. The predicted octanol–water partition coefficient (Wildman–Crippen LogP) is 1.34. The maximum Gasteiger partial charge on any atom is 0.154 e. The molecule has 0 amide bonds. The van der Waals surface area contributed by atoms with Crippen molar-refractivity contribution < 1.29 is 4.74 Å². The Hall–Kier alpha value is -0.940. The zero-order valence-corrected chi connectivity index (χ0v) is 10.6. The molecule has 0 aromatic carbocycles. The summed E-state index contributed by atoms with van der Waals surface area (Å²) in [6, 6.07) is 0. The monoisotopic (exact) mass is 238 g/mol. The molecular formula is C12H22N4O. The van der Waals surface area contributed by atoms with E-state index < -0.39 is 0 Å². The Kier molecular flexibility index (Phi) is 4.50. The van der Waals surface area contributed by atoms with Gasteiger partial charge in [0.1, 0.15) is 6.61 Å². The van der Waals surface area contributed by atoms with Gasteiger partial charge in [0.15, 0.2) is 11.6 Å². The van der Waals surface area contributed by atoms with Gasteiger partial charge in [0, 0.05) is 19.5 Å². The van der Waals surface area contributed by atoms with E-state index in [9.17, 15) is 0 Å². The van der Waals surface area contributed by atoms with Gasteiger partial charge in [-0.3, -0.25) is 4.68 Å². The highest BCUT2D eigenvalue weighted by Gasteiger charge is 2.20. The van der Waals surface area contributed by atoms with Gasteiger partial charge >= 0.3 is 0 Å². The molecule has 1 fully saturated rings. The number of hydrogen-bond acceptors (Lipinski definition) is 4. The fraction of sp³-hybridized carbons (Fsp3) is 0.833. The lowest BCUT2D eigenvalue weighted by molar-refractivity contribution is 0.120. The number of nitrogens with two attached hydrogens (primary N) is 1. The zero-order valence-electron chi connectivity index (χ0n) is 10.6. The van der Waals surface area contributed by atoms with E-state index in [2.05, 4.69) is 10.1 Å². The van der Waals surface area contributed by atoms with Crippen LogP contribution in [-0.4, -0.2) is 27.9 Å². The highest BCUT2D eigenvalue weighted by molar-refractivity contribution is 4.99. The summed E-state index contributed by atoms with van der Waals surface area (Å²) in [5.74, 6) is 2.45. The molecule has 1 saturated carbocycles. The Morgan fingerprint density at radius 2 is 2.12 bits per heavy atom. The SMILES string of the molecule is Cn1nc(C2CCCCC2)nc1COCCN. The van der Waals surface area contributed by atoms with Crippen molar-refractivity contribution in [3.05, 3.63) is 11.6 Å². The van der Waals surface area contributed by atoms with Crippen LogP contribution in [-0.2, 0) is 18.4 Å². The van der Waals surface area contributed by atoms with Crippen LogP contribution in [0.1, 0.15) is 49.7 Å². The van der Waals surface area contributed by atoms with E-state index >= 15 is 0 Å². The van der Waals surface area contributed by atoms with E-state index in [0.29, 0.717) is 25.7 Å². The van der Waals surface area contributed by atoms with Crippen LogP contribution in [0.4, 0.5) is 0 Å². The normalized spacial score (nSPS) is 17.5. The minimum absolute atomic E-state index is 0.507. The molecule has 1 aromatic heterocycles. The Balaban J connectivity index is 1.96. The van der Waals surface area contributed by atoms with Crippen LogP contribution in [0.15, 0.2) is 0 Å². The minimum atomic E-state index is 0.507. The van der Waals surface area contributed by atoms with Gasteiger partial charge in [-0.1, -0.05) is 19.3 Å². The lowest BCUT2D eigenvalue weighted by atomic mass is 9.89. The maximum atomic E-state index is 5.40. The molecule has 5 nitrogen and oxygen atoms in total. The third-order valence-electron chi connectivity index (χ3n) is 3.33. The lowest BCUT2D eigenvalue weighted by Crippen LogP contribution is -2.10. The summed E-state index contributed by atoms with van der Waals surface area (Å²) in [5.41, 5.74) is 5.39. The van der Waals surface area contributed by atoms with E-state index in [1.54, 1.807) is 0 Å². The predicted molar refractivity (Wildman–Crippen MR) is 65.5 cm³/mol. The largest absolute Gasteiger partial charge is 0.372 e. The highest BCUT2D eigenvalue weighted by atomic mass is 16.5. The van der Waals surface area contributed by atoms with Crippen molar-refractivity contribution in [3.63, 3.8) is 0 Å². The van der Waals surface area contributed by atoms with Crippen molar-refractivity contribution in [3.8, 4) is 0 Å². The molecule has 1 aromatic rings. The van der Waals surface area contributed by atoms with E-state index in [4.69, 9.17) is 10.5 Å². The molecule has 0 saturated heterocycles. The van der Waals surface area contributed by atoms with Crippen LogP contribution in [0.2, 0.25) is 0 Å². The molecule has 2 N–H and O–H groups in total. The van der Waals surface area contributed by atoms with E-state index in [1.807, 2.05) is 11.7 Å². The summed E-state index contributed by atoms with van der Waals surface area (Å²) in [7, 11) is 1.93. The van der Waals surface area contributed by atoms with E-state index in [0.717, 1.165) is 11.6 Å². The van der Waals surface area contributed by atoms with E-state index in [-0.39, 0.29) is 0 Å². The minimum Gasteiger partial charge on any atom is -0.372 e. The van der Waals surface area contributed by atoms with Crippen molar-refractivity contribution in [1.29, 1.82) is 0 Å². The first kappa shape index (κ1) is 12.5. The summed E-state index contributed by atoms with van der Waals surface area (Å²) >= 11 is 0. The smallest absolute Gasteiger partial charge is 0.154 e. The van der Waals surface area contributed by atoms with Crippen LogP contribution < -0.4 is 5.73 Å². The van der Waals surface area contributed by atoms with Crippen LogP contribution in [0.5, 0.6) is 0 Å². The molecule has 1 aliphatic rings. The molecule has 96 valence electrons. The molecule has 0 atom stereocenters. The second-order valence-electron chi connectivity index (χ2n) is 4.69. The van der Waals surface area contributed by atoms with E-state index in [1.165, 1.54) is 32.1 Å². The fourth-order valence-corrected chi connectivity index (χ4v) is 2.34. The second-order valence-corrected chi connectivity index (χ2v) is 4.69. The summed E-state index contributed by atoms with van der Waals surface area (Å²) in [6.45, 7) is 1.63. The van der Waals surface area contributed by atoms with Gasteiger partial charge in [-0.15, -0.1) is 0 Å². The van der Waals surface area contributed by atoms with Crippen molar-refractivity contribution in [2.45, 2.75) is 44.6 Å². The Morgan fingerprint density at radius 1 is 1.35 bits per heavy atom. The molecule has 0 bridgehead atoms. The molecule has 17 heavy (non-hydrogen) atoms. The molecule has 5 heteroatoms. The molecule has 2 rings (SSSR count). The summed E-state index contributed by atoms with van der Waals surface area (Å²) in [4.78, 5) is 4.59. The number of aromatic nitrogens is 3. The molecule has 0 spiro atoms. The fourth-order valence-electron chi connectivity index (χ4n) is 2.34. The first-order chi connectivity index (χ1) is 8.31. The van der Waals surface area contributed by atoms with Crippen LogP contribution in [0.25, 0.3) is 0 Å². The molecule has 1 heterocycles. The van der Waals surface area contributed by atoms with Crippen molar-refractivity contribution in [2.24, 2.45) is 12.8 Å². The molecule has 0 aliphatic heterocycles. The first-order valence-electron chi connectivity index (χ1n) is 6.49. The number of aryl methyl sites for hydroxylation is 1. The quantitative estimate of drug-likeness (QED) is 0.786. The molecule has 0 radical (unpaired) electrons. The van der Waals surface area contributed by atoms with Gasteiger partial charge in [0.25, 0.3) is 0 Å². The summed E-state index contributed by atoms with van der Waals surface area (Å²) < 4.78 is 7.24. The van der Waals surface area contributed by atoms with Gasteiger partial charge in [-0.25, -0.2) is 4.98 Å². The Bertz CT molecular complexity index is 344. The summed E-state index contributed by atoms with van der Waals surface area (Å²) in [6.07, 6.45) is 6.43. The van der Waals surface area contributed by atoms with Gasteiger partial charge in [0.2, 0.25) is 0 Å². The zero-order chi connectivity index (χ0) is 12.1. The van der Waals surface area contributed by atoms with Gasteiger partial charge < -0.3 is 10.5 Å². The molecule has 1 aliphatic carbocycles. The summed E-state index contributed by atoms with van der Waals surface area (Å²) in [5, 5.41) is 4.51. The average Bonchev–Trinajstić information content (AvgIpc) is 2.73. The maximum absolute atomic E-state index is 5.40. The topological polar surface area (TPSA) is 66.0 Å². The van der Waals surface area contributed by atoms with Gasteiger partial charge in [-0.2, -0.15) is 5.10 Å². The third kappa shape index (κ3) is 3.26. The Morgan fingerprint density at radius 3 is 2.82 bits per heavy atom. The lowest BCUT2D eigenvalue weighted by Gasteiger charge is -2.18. The number of rotatable bonds is 5. The average molecular weight is 238 g/mol. The van der Waals surface area contributed by atoms with Gasteiger partial charge in [-0.05, 0) is 12.8 Å². The molecular weight excluding hydrogens is 216 g/mol. The first-order valence-corrected chi connectivity index (χ1v) is 6.49. The van der Waals surface area contributed by atoms with Crippen molar-refractivity contribution in [1.82, 2.24) is 14.8 Å². The van der Waals surface area contributed by atoms with Crippen LogP contribution >= 0.6 is 0 Å². The molecule has 0 unspecified atom stereocenters. The van der Waals surface area contributed by atoms with Crippen LogP contribution in [0, 0.1) is 0 Å². The Labute approximate surface area is 102 Å². The van der Waals surface area contributed by atoms with Gasteiger partial charge in [0.05, 0.1) is 6.61 Å². The number of hydrogen-bond donors (Lipinski definition) is 1. The van der Waals surface area contributed by atoms with Crippen LogP contribution in [0.3, 0.4) is 0 Å².